The first-order chi connectivity index (χ1) is 12.9. The van der Waals surface area contributed by atoms with Crippen LogP contribution in [0.5, 0.6) is 0 Å². The lowest BCUT2D eigenvalue weighted by Crippen LogP contribution is -2.54. The van der Waals surface area contributed by atoms with Crippen LogP contribution in [0.1, 0.15) is 26.5 Å². The number of anilines is 1. The maximum absolute atomic E-state index is 10.9. The summed E-state index contributed by atoms with van der Waals surface area (Å²) < 4.78 is 0. The smallest absolute Gasteiger partial charge is 0.269 e. The van der Waals surface area contributed by atoms with Crippen molar-refractivity contribution >= 4 is 11.5 Å². The molecule has 144 valence electrons. The average molecular weight is 369 g/mol. The topological polar surface area (TPSA) is 75.4 Å². The lowest BCUT2D eigenvalue weighted by molar-refractivity contribution is -0.384. The summed E-state index contributed by atoms with van der Waals surface area (Å²) in [4.78, 5) is 24.7. The van der Waals surface area contributed by atoms with Crippen LogP contribution in [-0.4, -0.2) is 52.5 Å². The van der Waals surface area contributed by atoms with Gasteiger partial charge in [-0.05, 0) is 31.5 Å². The molecule has 7 heteroatoms. The van der Waals surface area contributed by atoms with E-state index in [0.29, 0.717) is 17.8 Å². The molecular weight excluding hydrogens is 342 g/mol. The van der Waals surface area contributed by atoms with Gasteiger partial charge in [-0.25, -0.2) is 9.97 Å². The number of nitro groups is 1. The van der Waals surface area contributed by atoms with E-state index in [-0.39, 0.29) is 5.69 Å². The zero-order chi connectivity index (χ0) is 19.6. The van der Waals surface area contributed by atoms with Crippen LogP contribution in [0.3, 0.4) is 0 Å². The molecule has 1 aliphatic rings. The summed E-state index contributed by atoms with van der Waals surface area (Å²) in [5.74, 6) is 2.08. The van der Waals surface area contributed by atoms with Gasteiger partial charge in [0.15, 0.2) is 5.82 Å². The minimum Gasteiger partial charge on any atom is -0.351 e. The van der Waals surface area contributed by atoms with Crippen molar-refractivity contribution in [2.24, 2.45) is 5.92 Å². The van der Waals surface area contributed by atoms with Gasteiger partial charge in [0, 0.05) is 55.1 Å². The van der Waals surface area contributed by atoms with E-state index in [1.54, 1.807) is 12.1 Å². The van der Waals surface area contributed by atoms with Crippen molar-refractivity contribution in [3.05, 3.63) is 46.1 Å². The Labute approximate surface area is 160 Å². The highest BCUT2D eigenvalue weighted by atomic mass is 16.6. The molecule has 2 aromatic rings. The highest BCUT2D eigenvalue weighted by Gasteiger charge is 2.29. The summed E-state index contributed by atoms with van der Waals surface area (Å²) in [6.45, 7) is 9.51. The van der Waals surface area contributed by atoms with Crippen LogP contribution in [0, 0.1) is 16.0 Å². The first-order valence-corrected chi connectivity index (χ1v) is 9.47. The SMILES string of the molecule is CCc1cc(N2CCN(C)C[C@H]2C(C)C)nc(-c2ccc([N+](=O)[O-])cc2)n1. The van der Waals surface area contributed by atoms with E-state index < -0.39 is 4.92 Å². The molecule has 0 saturated carbocycles. The lowest BCUT2D eigenvalue weighted by atomic mass is 9.99. The van der Waals surface area contributed by atoms with Gasteiger partial charge < -0.3 is 9.80 Å². The molecule has 0 bridgehead atoms. The van der Waals surface area contributed by atoms with Crippen LogP contribution >= 0.6 is 0 Å². The van der Waals surface area contributed by atoms with Gasteiger partial charge in [0.25, 0.3) is 5.69 Å². The number of aromatic nitrogens is 2. The van der Waals surface area contributed by atoms with Crippen molar-refractivity contribution in [1.82, 2.24) is 14.9 Å². The largest absolute Gasteiger partial charge is 0.351 e. The molecule has 1 aromatic carbocycles. The molecule has 1 atom stereocenters. The van der Waals surface area contributed by atoms with Gasteiger partial charge in [0.05, 0.1) is 4.92 Å². The first kappa shape index (κ1) is 19.2. The van der Waals surface area contributed by atoms with Crippen molar-refractivity contribution in [2.45, 2.75) is 33.2 Å². The fourth-order valence-corrected chi connectivity index (χ4v) is 3.48. The van der Waals surface area contributed by atoms with Crippen LogP contribution < -0.4 is 4.90 Å². The maximum Gasteiger partial charge on any atom is 0.269 e. The number of hydrogen-bond acceptors (Lipinski definition) is 6. The third kappa shape index (κ3) is 4.24. The average Bonchev–Trinajstić information content (AvgIpc) is 2.67. The number of nitrogens with zero attached hydrogens (tertiary/aromatic N) is 5. The molecule has 0 N–H and O–H groups in total. The Balaban J connectivity index is 1.99. The predicted molar refractivity (Wildman–Crippen MR) is 107 cm³/mol. The van der Waals surface area contributed by atoms with Crippen LogP contribution in [0.2, 0.25) is 0 Å². The summed E-state index contributed by atoms with van der Waals surface area (Å²) >= 11 is 0. The van der Waals surface area contributed by atoms with Gasteiger partial charge in [0.1, 0.15) is 5.82 Å². The Hall–Kier alpha value is -2.54. The molecular formula is C20H27N5O2. The summed E-state index contributed by atoms with van der Waals surface area (Å²) in [6, 6.07) is 8.93. The van der Waals surface area contributed by atoms with E-state index in [9.17, 15) is 10.1 Å². The normalized spacial score (nSPS) is 18.1. The number of hydrogen-bond donors (Lipinski definition) is 0. The zero-order valence-corrected chi connectivity index (χ0v) is 16.4. The first-order valence-electron chi connectivity index (χ1n) is 9.47. The molecule has 27 heavy (non-hydrogen) atoms. The van der Waals surface area contributed by atoms with Gasteiger partial charge in [-0.1, -0.05) is 20.8 Å². The van der Waals surface area contributed by atoms with E-state index in [4.69, 9.17) is 4.98 Å². The Morgan fingerprint density at radius 3 is 2.52 bits per heavy atom. The predicted octanol–water partition coefficient (Wildman–Crippen LogP) is 3.39. The molecule has 3 rings (SSSR count). The monoisotopic (exact) mass is 369 g/mol. The Bertz CT molecular complexity index is 807. The van der Waals surface area contributed by atoms with Gasteiger partial charge >= 0.3 is 0 Å². The van der Waals surface area contributed by atoms with E-state index in [1.165, 1.54) is 12.1 Å². The number of rotatable bonds is 5. The second kappa shape index (κ2) is 8.00. The highest BCUT2D eigenvalue weighted by molar-refractivity contribution is 5.60. The molecule has 0 spiro atoms. The van der Waals surface area contributed by atoms with Crippen LogP contribution in [0.4, 0.5) is 11.5 Å². The van der Waals surface area contributed by atoms with Crippen molar-refractivity contribution in [1.29, 1.82) is 0 Å². The fourth-order valence-electron chi connectivity index (χ4n) is 3.48. The number of likely N-dealkylation sites (N-methyl/N-ethyl adjacent to an activating group) is 1. The van der Waals surface area contributed by atoms with Crippen LogP contribution in [-0.2, 0) is 6.42 Å². The highest BCUT2D eigenvalue weighted by Crippen LogP contribution is 2.27. The lowest BCUT2D eigenvalue weighted by Gasteiger charge is -2.43. The number of piperazine rings is 1. The Morgan fingerprint density at radius 2 is 1.93 bits per heavy atom. The second-order valence-electron chi connectivity index (χ2n) is 7.47. The fraction of sp³-hybridized carbons (Fsp3) is 0.500. The summed E-state index contributed by atoms with van der Waals surface area (Å²) in [5, 5.41) is 10.9. The number of nitro benzene ring substituents is 1. The van der Waals surface area contributed by atoms with Crippen molar-refractivity contribution in [3.8, 4) is 11.4 Å². The summed E-state index contributed by atoms with van der Waals surface area (Å²) in [5.41, 5.74) is 1.85. The van der Waals surface area contributed by atoms with Crippen molar-refractivity contribution in [2.75, 3.05) is 31.6 Å². The van der Waals surface area contributed by atoms with Gasteiger partial charge in [0.2, 0.25) is 0 Å². The van der Waals surface area contributed by atoms with E-state index >= 15 is 0 Å². The summed E-state index contributed by atoms with van der Waals surface area (Å²) in [6.07, 6.45) is 0.815. The molecule has 1 aromatic heterocycles. The van der Waals surface area contributed by atoms with E-state index in [2.05, 4.69) is 48.7 Å². The molecule has 2 heterocycles. The zero-order valence-electron chi connectivity index (χ0n) is 16.4. The Kier molecular flexibility index (Phi) is 5.70. The maximum atomic E-state index is 10.9. The second-order valence-corrected chi connectivity index (χ2v) is 7.47. The molecule has 1 fully saturated rings. The molecule has 0 radical (unpaired) electrons. The minimum absolute atomic E-state index is 0.0737. The molecule has 7 nitrogen and oxygen atoms in total. The van der Waals surface area contributed by atoms with E-state index in [0.717, 1.165) is 43.1 Å². The van der Waals surface area contributed by atoms with Gasteiger partial charge in [-0.3, -0.25) is 10.1 Å². The Morgan fingerprint density at radius 1 is 1.22 bits per heavy atom. The number of benzene rings is 1. The molecule has 0 amide bonds. The third-order valence-electron chi connectivity index (χ3n) is 5.15. The summed E-state index contributed by atoms with van der Waals surface area (Å²) in [7, 11) is 2.16. The van der Waals surface area contributed by atoms with Crippen LogP contribution in [0.25, 0.3) is 11.4 Å². The molecule has 0 unspecified atom stereocenters. The number of non-ortho nitro benzene ring substituents is 1. The molecule has 1 aliphatic heterocycles. The van der Waals surface area contributed by atoms with E-state index in [1.807, 2.05) is 0 Å². The van der Waals surface area contributed by atoms with Crippen molar-refractivity contribution < 1.29 is 4.92 Å². The molecule has 0 aliphatic carbocycles. The van der Waals surface area contributed by atoms with Gasteiger partial charge in [-0.2, -0.15) is 0 Å². The number of aryl methyl sites for hydroxylation is 1. The molecule has 1 saturated heterocycles. The van der Waals surface area contributed by atoms with Gasteiger partial charge in [-0.15, -0.1) is 0 Å². The minimum atomic E-state index is -0.393. The standard InChI is InChI=1S/C20H27N5O2/c1-5-16-12-19(24-11-10-23(4)13-18(24)14(2)3)22-20(21-16)15-6-8-17(9-7-15)25(26)27/h6-9,12,14,18H,5,10-11,13H2,1-4H3/t18-/m0/s1. The third-order valence-corrected chi connectivity index (χ3v) is 5.15. The van der Waals surface area contributed by atoms with Crippen molar-refractivity contribution in [3.63, 3.8) is 0 Å². The quantitative estimate of drug-likeness (QED) is 0.594. The van der Waals surface area contributed by atoms with Crippen LogP contribution in [0.15, 0.2) is 30.3 Å².